The van der Waals surface area contributed by atoms with E-state index in [1.54, 1.807) is 23.1 Å². The maximum absolute atomic E-state index is 11.8. The number of carbonyl (C=O) groups is 2. The largest absolute Gasteiger partial charge is 0.495 e. The van der Waals surface area contributed by atoms with Crippen LogP contribution in [-0.2, 0) is 4.79 Å². The van der Waals surface area contributed by atoms with Crippen LogP contribution in [0.1, 0.15) is 6.42 Å². The zero-order valence-electron chi connectivity index (χ0n) is 11.0. The fraction of sp³-hybridized carbons (Fsp3) is 0.385. The maximum Gasteiger partial charge on any atom is 0.281 e. The van der Waals surface area contributed by atoms with Gasteiger partial charge in [0, 0.05) is 31.0 Å². The van der Waals surface area contributed by atoms with Crippen LogP contribution in [0, 0.1) is 0 Å². The number of carbonyl (C=O) groups excluding carboxylic acids is 2. The molecule has 5 nitrogen and oxygen atoms in total. The Bertz CT molecular complexity index is 524. The van der Waals surface area contributed by atoms with Crippen molar-refractivity contribution in [2.45, 2.75) is 6.42 Å². The van der Waals surface area contributed by atoms with E-state index in [4.69, 9.17) is 16.3 Å². The summed E-state index contributed by atoms with van der Waals surface area (Å²) in [6.07, 6.45) is 0.274. The number of hydrogen-bond acceptors (Lipinski definition) is 4. The van der Waals surface area contributed by atoms with Crippen molar-refractivity contribution in [1.82, 2.24) is 4.90 Å². The number of amides is 2. The summed E-state index contributed by atoms with van der Waals surface area (Å²) < 4.78 is 5.04. The van der Waals surface area contributed by atoms with Crippen molar-refractivity contribution in [3.8, 4) is 5.75 Å². The SMILES string of the molecule is COc1ccc(NC(=O)CCN2CCSC2=O)cc1Cl. The maximum atomic E-state index is 11.8. The topological polar surface area (TPSA) is 58.6 Å². The van der Waals surface area contributed by atoms with Gasteiger partial charge >= 0.3 is 0 Å². The third kappa shape index (κ3) is 3.80. The molecule has 0 saturated carbocycles. The Morgan fingerprint density at radius 1 is 1.55 bits per heavy atom. The molecule has 2 amide bonds. The van der Waals surface area contributed by atoms with Crippen molar-refractivity contribution in [3.05, 3.63) is 23.2 Å². The molecule has 0 aliphatic carbocycles. The standard InChI is InChI=1S/C13H15ClN2O3S/c1-19-11-3-2-9(8-10(11)14)15-12(17)4-5-16-6-7-20-13(16)18/h2-3,8H,4-7H2,1H3,(H,15,17). The molecule has 108 valence electrons. The number of anilines is 1. The summed E-state index contributed by atoms with van der Waals surface area (Å²) in [4.78, 5) is 24.9. The highest BCUT2D eigenvalue weighted by molar-refractivity contribution is 8.13. The summed E-state index contributed by atoms with van der Waals surface area (Å²) in [5, 5.41) is 3.24. The van der Waals surface area contributed by atoms with Gasteiger partial charge in [-0.25, -0.2) is 0 Å². The predicted molar refractivity (Wildman–Crippen MR) is 80.7 cm³/mol. The second-order valence-corrected chi connectivity index (χ2v) is 5.70. The number of hydrogen-bond donors (Lipinski definition) is 1. The summed E-state index contributed by atoms with van der Waals surface area (Å²) in [5.41, 5.74) is 0.614. The quantitative estimate of drug-likeness (QED) is 0.908. The molecule has 1 fully saturated rings. The molecule has 0 bridgehead atoms. The van der Waals surface area contributed by atoms with E-state index in [0.717, 1.165) is 5.75 Å². The summed E-state index contributed by atoms with van der Waals surface area (Å²) in [6, 6.07) is 5.05. The lowest BCUT2D eigenvalue weighted by Crippen LogP contribution is -2.27. The summed E-state index contributed by atoms with van der Waals surface area (Å²) in [6.45, 7) is 1.16. The molecule has 0 spiro atoms. The number of methoxy groups -OCH3 is 1. The Morgan fingerprint density at radius 3 is 2.95 bits per heavy atom. The van der Waals surface area contributed by atoms with Gasteiger partial charge in [0.25, 0.3) is 5.24 Å². The van der Waals surface area contributed by atoms with E-state index < -0.39 is 0 Å². The highest BCUT2D eigenvalue weighted by Gasteiger charge is 2.21. The zero-order valence-corrected chi connectivity index (χ0v) is 12.6. The van der Waals surface area contributed by atoms with Gasteiger partial charge in [0.1, 0.15) is 5.75 Å². The summed E-state index contributed by atoms with van der Waals surface area (Å²) >= 11 is 7.27. The fourth-order valence-corrected chi connectivity index (χ4v) is 2.94. The molecule has 7 heteroatoms. The van der Waals surface area contributed by atoms with Crippen LogP contribution in [0.25, 0.3) is 0 Å². The van der Waals surface area contributed by atoms with Gasteiger partial charge in [-0.3, -0.25) is 9.59 Å². The average Bonchev–Trinajstić information content (AvgIpc) is 2.82. The molecule has 1 aliphatic rings. The van der Waals surface area contributed by atoms with Crippen molar-refractivity contribution < 1.29 is 14.3 Å². The number of rotatable bonds is 5. The number of nitrogens with zero attached hydrogens (tertiary/aromatic N) is 1. The first-order chi connectivity index (χ1) is 9.60. The highest BCUT2D eigenvalue weighted by Crippen LogP contribution is 2.27. The van der Waals surface area contributed by atoms with Crippen LogP contribution in [0.2, 0.25) is 5.02 Å². The van der Waals surface area contributed by atoms with Crippen molar-refractivity contribution in [3.63, 3.8) is 0 Å². The van der Waals surface area contributed by atoms with Gasteiger partial charge in [0.15, 0.2) is 0 Å². The Balaban J connectivity index is 1.85. The van der Waals surface area contributed by atoms with Crippen LogP contribution in [0.4, 0.5) is 10.5 Å². The van der Waals surface area contributed by atoms with Crippen molar-refractivity contribution in [2.75, 3.05) is 31.3 Å². The average molecular weight is 315 g/mol. The van der Waals surface area contributed by atoms with Crippen LogP contribution in [0.5, 0.6) is 5.75 Å². The molecule has 0 aromatic heterocycles. The fourth-order valence-electron chi connectivity index (χ4n) is 1.83. The third-order valence-electron chi connectivity index (χ3n) is 2.89. The molecule has 1 heterocycles. The molecule has 1 aromatic carbocycles. The summed E-state index contributed by atoms with van der Waals surface area (Å²) in [7, 11) is 1.53. The van der Waals surface area contributed by atoms with E-state index in [0.29, 0.717) is 29.5 Å². The van der Waals surface area contributed by atoms with E-state index in [9.17, 15) is 9.59 Å². The molecule has 1 aliphatic heterocycles. The number of thioether (sulfide) groups is 1. The van der Waals surface area contributed by atoms with Crippen LogP contribution < -0.4 is 10.1 Å². The van der Waals surface area contributed by atoms with Gasteiger partial charge in [-0.1, -0.05) is 23.4 Å². The second kappa shape index (κ2) is 6.85. The number of halogens is 1. The molecule has 0 atom stereocenters. The first kappa shape index (κ1) is 15.0. The zero-order chi connectivity index (χ0) is 14.5. The first-order valence-electron chi connectivity index (χ1n) is 6.15. The van der Waals surface area contributed by atoms with Crippen LogP contribution >= 0.6 is 23.4 Å². The second-order valence-electron chi connectivity index (χ2n) is 4.25. The van der Waals surface area contributed by atoms with E-state index in [1.807, 2.05) is 0 Å². The first-order valence-corrected chi connectivity index (χ1v) is 7.51. The number of ether oxygens (including phenoxy) is 1. The Labute approximate surface area is 126 Å². The van der Waals surface area contributed by atoms with Gasteiger partial charge in [-0.05, 0) is 18.2 Å². The minimum atomic E-state index is -0.143. The lowest BCUT2D eigenvalue weighted by molar-refractivity contribution is -0.116. The van der Waals surface area contributed by atoms with E-state index in [2.05, 4.69) is 5.32 Å². The number of benzene rings is 1. The number of nitrogens with one attached hydrogen (secondary N) is 1. The smallest absolute Gasteiger partial charge is 0.281 e. The van der Waals surface area contributed by atoms with Gasteiger partial charge in [0.05, 0.1) is 12.1 Å². The molecule has 1 aromatic rings. The lowest BCUT2D eigenvalue weighted by atomic mass is 10.3. The minimum absolute atomic E-state index is 0.0466. The van der Waals surface area contributed by atoms with E-state index >= 15 is 0 Å². The monoisotopic (exact) mass is 314 g/mol. The molecule has 20 heavy (non-hydrogen) atoms. The molecule has 2 rings (SSSR count). The Morgan fingerprint density at radius 2 is 2.35 bits per heavy atom. The molecule has 0 radical (unpaired) electrons. The van der Waals surface area contributed by atoms with Gasteiger partial charge in [-0.15, -0.1) is 0 Å². The molecular formula is C13H15ClN2O3S. The normalized spacial score (nSPS) is 14.5. The van der Waals surface area contributed by atoms with Gasteiger partial charge in [0.2, 0.25) is 5.91 Å². The third-order valence-corrected chi connectivity index (χ3v) is 4.08. The van der Waals surface area contributed by atoms with E-state index in [1.165, 1.54) is 18.9 Å². The Hall–Kier alpha value is -1.40. The molecule has 1 N–H and O–H groups in total. The van der Waals surface area contributed by atoms with Crippen molar-refractivity contribution in [2.24, 2.45) is 0 Å². The van der Waals surface area contributed by atoms with Crippen molar-refractivity contribution >= 4 is 40.2 Å². The minimum Gasteiger partial charge on any atom is -0.495 e. The molecule has 1 saturated heterocycles. The highest BCUT2D eigenvalue weighted by atomic mass is 35.5. The van der Waals surface area contributed by atoms with Gasteiger partial charge in [-0.2, -0.15) is 0 Å². The summed E-state index contributed by atoms with van der Waals surface area (Å²) in [5.74, 6) is 1.22. The van der Waals surface area contributed by atoms with Crippen LogP contribution in [0.3, 0.4) is 0 Å². The molecular weight excluding hydrogens is 300 g/mol. The van der Waals surface area contributed by atoms with Crippen molar-refractivity contribution in [1.29, 1.82) is 0 Å². The molecule has 0 unspecified atom stereocenters. The Kier molecular flexibility index (Phi) is 5.14. The van der Waals surface area contributed by atoms with Crippen LogP contribution in [-0.4, -0.2) is 42.0 Å². The van der Waals surface area contributed by atoms with E-state index in [-0.39, 0.29) is 17.6 Å². The predicted octanol–water partition coefficient (Wildman–Crippen LogP) is 2.85. The van der Waals surface area contributed by atoms with Crippen LogP contribution in [0.15, 0.2) is 18.2 Å². The van der Waals surface area contributed by atoms with Gasteiger partial charge < -0.3 is 15.0 Å². The lowest BCUT2D eigenvalue weighted by Gasteiger charge is -2.14.